The van der Waals surface area contributed by atoms with Crippen molar-refractivity contribution < 1.29 is 19.4 Å². The largest absolute Gasteiger partial charge is 0.478 e. The lowest BCUT2D eigenvalue weighted by molar-refractivity contribution is -0.125. The summed E-state index contributed by atoms with van der Waals surface area (Å²) >= 11 is 0. The van der Waals surface area contributed by atoms with Gasteiger partial charge in [-0.3, -0.25) is 4.79 Å². The molecule has 0 fully saturated rings. The highest BCUT2D eigenvalue weighted by Crippen LogP contribution is 2.04. The third-order valence-electron chi connectivity index (χ3n) is 2.43. The second-order valence-corrected chi connectivity index (χ2v) is 3.94. The van der Waals surface area contributed by atoms with Gasteiger partial charge in [-0.05, 0) is 24.1 Å². The molecular weight excluding hydrogens is 248 g/mol. The first-order valence-corrected chi connectivity index (χ1v) is 6.00. The maximum Gasteiger partial charge on any atom is 0.335 e. The Labute approximate surface area is 111 Å². The minimum atomic E-state index is -0.947. The van der Waals surface area contributed by atoms with Crippen LogP contribution in [-0.4, -0.2) is 43.3 Å². The predicted octanol–water partition coefficient (Wildman–Crippen LogP) is 0.0188. The van der Waals surface area contributed by atoms with Gasteiger partial charge in [0.05, 0.1) is 12.2 Å². The number of hydrogen-bond donors (Lipinski definition) is 3. The molecule has 1 aromatic carbocycles. The van der Waals surface area contributed by atoms with E-state index < -0.39 is 5.97 Å². The highest BCUT2D eigenvalue weighted by molar-refractivity contribution is 5.87. The molecule has 0 aliphatic carbocycles. The Kier molecular flexibility index (Phi) is 6.56. The Hall–Kier alpha value is -1.92. The first kappa shape index (κ1) is 15.1. The topological polar surface area (TPSA) is 102 Å². The average molecular weight is 266 g/mol. The molecule has 6 nitrogen and oxygen atoms in total. The molecule has 0 aromatic heterocycles. The maximum atomic E-state index is 11.3. The van der Waals surface area contributed by atoms with Crippen LogP contribution >= 0.6 is 0 Å². The van der Waals surface area contributed by atoms with Gasteiger partial charge in [-0.2, -0.15) is 0 Å². The number of benzene rings is 1. The molecule has 0 heterocycles. The number of amides is 1. The second kappa shape index (κ2) is 8.23. The van der Waals surface area contributed by atoms with Crippen LogP contribution in [0.3, 0.4) is 0 Å². The number of rotatable bonds is 8. The van der Waals surface area contributed by atoms with Crippen molar-refractivity contribution in [3.05, 3.63) is 35.4 Å². The molecule has 0 saturated carbocycles. The van der Waals surface area contributed by atoms with Crippen LogP contribution in [0, 0.1) is 0 Å². The van der Waals surface area contributed by atoms with Gasteiger partial charge >= 0.3 is 5.97 Å². The Morgan fingerprint density at radius 3 is 2.53 bits per heavy atom. The van der Waals surface area contributed by atoms with Gasteiger partial charge in [-0.1, -0.05) is 12.1 Å². The standard InChI is InChI=1S/C13H18N2O4/c14-6-8-19-9-12(16)15-7-5-10-1-3-11(4-2-10)13(17)18/h1-4H,5-9,14H2,(H,15,16)(H,17,18). The molecule has 4 N–H and O–H groups in total. The number of ether oxygens (including phenoxy) is 1. The van der Waals surface area contributed by atoms with E-state index in [1.165, 1.54) is 0 Å². The lowest BCUT2D eigenvalue weighted by Gasteiger charge is -2.06. The summed E-state index contributed by atoms with van der Waals surface area (Å²) in [7, 11) is 0. The Balaban J connectivity index is 2.25. The van der Waals surface area contributed by atoms with Crippen molar-refractivity contribution in [1.82, 2.24) is 5.32 Å². The van der Waals surface area contributed by atoms with Crippen LogP contribution in [0.4, 0.5) is 0 Å². The monoisotopic (exact) mass is 266 g/mol. The molecule has 0 aliphatic heterocycles. The van der Waals surface area contributed by atoms with Gasteiger partial charge in [-0.25, -0.2) is 4.79 Å². The zero-order valence-corrected chi connectivity index (χ0v) is 10.6. The SMILES string of the molecule is NCCOCC(=O)NCCc1ccc(C(=O)O)cc1. The summed E-state index contributed by atoms with van der Waals surface area (Å²) in [6, 6.07) is 6.56. The Bertz CT molecular complexity index is 417. The zero-order chi connectivity index (χ0) is 14.1. The van der Waals surface area contributed by atoms with Crippen molar-refractivity contribution in [3.8, 4) is 0 Å². The van der Waals surface area contributed by atoms with Gasteiger partial charge in [-0.15, -0.1) is 0 Å². The normalized spacial score (nSPS) is 10.2. The van der Waals surface area contributed by atoms with Crippen molar-refractivity contribution >= 4 is 11.9 Å². The second-order valence-electron chi connectivity index (χ2n) is 3.94. The Morgan fingerprint density at radius 1 is 1.26 bits per heavy atom. The fourth-order valence-corrected chi connectivity index (χ4v) is 1.46. The van der Waals surface area contributed by atoms with Crippen LogP contribution in [-0.2, 0) is 16.0 Å². The van der Waals surface area contributed by atoms with Crippen LogP contribution < -0.4 is 11.1 Å². The summed E-state index contributed by atoms with van der Waals surface area (Å²) in [5, 5.41) is 11.5. The lowest BCUT2D eigenvalue weighted by atomic mass is 10.1. The fourth-order valence-electron chi connectivity index (χ4n) is 1.46. The molecule has 6 heteroatoms. The summed E-state index contributed by atoms with van der Waals surface area (Å²) < 4.78 is 4.99. The summed E-state index contributed by atoms with van der Waals surface area (Å²) in [6.07, 6.45) is 0.641. The van der Waals surface area contributed by atoms with E-state index in [1.54, 1.807) is 24.3 Å². The van der Waals surface area contributed by atoms with E-state index >= 15 is 0 Å². The molecule has 19 heavy (non-hydrogen) atoms. The summed E-state index contributed by atoms with van der Waals surface area (Å²) in [4.78, 5) is 22.0. The van der Waals surface area contributed by atoms with E-state index in [4.69, 9.17) is 15.6 Å². The number of aromatic carboxylic acids is 1. The first-order chi connectivity index (χ1) is 9.13. The van der Waals surface area contributed by atoms with Crippen LogP contribution in [0.25, 0.3) is 0 Å². The maximum absolute atomic E-state index is 11.3. The molecule has 0 bridgehead atoms. The van der Waals surface area contributed by atoms with E-state index in [2.05, 4.69) is 5.32 Å². The zero-order valence-electron chi connectivity index (χ0n) is 10.6. The van der Waals surface area contributed by atoms with E-state index in [9.17, 15) is 9.59 Å². The van der Waals surface area contributed by atoms with Crippen LogP contribution in [0.15, 0.2) is 24.3 Å². The summed E-state index contributed by atoms with van der Waals surface area (Å²) in [5.74, 6) is -1.13. The van der Waals surface area contributed by atoms with E-state index in [0.717, 1.165) is 5.56 Å². The summed E-state index contributed by atoms with van der Waals surface area (Å²) in [5.41, 5.74) is 6.44. The third-order valence-corrected chi connectivity index (χ3v) is 2.43. The number of carbonyl (C=O) groups is 2. The molecule has 0 saturated heterocycles. The number of nitrogens with two attached hydrogens (primary N) is 1. The number of carboxylic acid groups (broad SMARTS) is 1. The van der Waals surface area contributed by atoms with Crippen molar-refractivity contribution in [2.24, 2.45) is 5.73 Å². The van der Waals surface area contributed by atoms with Gasteiger partial charge in [0, 0.05) is 13.1 Å². The minimum absolute atomic E-state index is 0.00908. The molecule has 0 aliphatic rings. The lowest BCUT2D eigenvalue weighted by Crippen LogP contribution is -2.30. The van der Waals surface area contributed by atoms with Crippen molar-refractivity contribution in [3.63, 3.8) is 0 Å². The number of carboxylic acids is 1. The highest BCUT2D eigenvalue weighted by atomic mass is 16.5. The molecular formula is C13H18N2O4. The van der Waals surface area contributed by atoms with Crippen LogP contribution in [0.5, 0.6) is 0 Å². The van der Waals surface area contributed by atoms with E-state index in [-0.39, 0.29) is 18.1 Å². The van der Waals surface area contributed by atoms with Crippen LogP contribution in [0.2, 0.25) is 0 Å². The van der Waals surface area contributed by atoms with Crippen molar-refractivity contribution in [2.45, 2.75) is 6.42 Å². The molecule has 1 amide bonds. The van der Waals surface area contributed by atoms with E-state index in [0.29, 0.717) is 26.1 Å². The Morgan fingerprint density at radius 2 is 1.95 bits per heavy atom. The quantitative estimate of drug-likeness (QED) is 0.576. The molecule has 0 unspecified atom stereocenters. The molecule has 1 rings (SSSR count). The average Bonchev–Trinajstić information content (AvgIpc) is 2.39. The fraction of sp³-hybridized carbons (Fsp3) is 0.385. The van der Waals surface area contributed by atoms with Gasteiger partial charge < -0.3 is 20.9 Å². The number of hydrogen-bond acceptors (Lipinski definition) is 4. The number of carbonyl (C=O) groups excluding carboxylic acids is 1. The van der Waals surface area contributed by atoms with Gasteiger partial charge in [0.15, 0.2) is 0 Å². The van der Waals surface area contributed by atoms with Crippen LogP contribution in [0.1, 0.15) is 15.9 Å². The smallest absolute Gasteiger partial charge is 0.335 e. The van der Waals surface area contributed by atoms with Gasteiger partial charge in [0.1, 0.15) is 6.61 Å². The van der Waals surface area contributed by atoms with Gasteiger partial charge in [0.25, 0.3) is 0 Å². The predicted molar refractivity (Wildman–Crippen MR) is 70.0 cm³/mol. The molecule has 1 aromatic rings. The molecule has 0 atom stereocenters. The molecule has 104 valence electrons. The number of nitrogens with one attached hydrogen (secondary N) is 1. The molecule has 0 radical (unpaired) electrons. The van der Waals surface area contributed by atoms with E-state index in [1.807, 2.05) is 0 Å². The molecule has 0 spiro atoms. The van der Waals surface area contributed by atoms with Crippen molar-refractivity contribution in [1.29, 1.82) is 0 Å². The van der Waals surface area contributed by atoms with Crippen molar-refractivity contribution in [2.75, 3.05) is 26.3 Å². The summed E-state index contributed by atoms with van der Waals surface area (Å²) in [6.45, 7) is 1.25. The first-order valence-electron chi connectivity index (χ1n) is 6.00. The third kappa shape index (κ3) is 5.98. The highest BCUT2D eigenvalue weighted by Gasteiger charge is 2.03. The van der Waals surface area contributed by atoms with Gasteiger partial charge in [0.2, 0.25) is 5.91 Å². The minimum Gasteiger partial charge on any atom is -0.478 e.